The van der Waals surface area contributed by atoms with Crippen molar-refractivity contribution in [1.29, 1.82) is 0 Å². The van der Waals surface area contributed by atoms with Gasteiger partial charge in [0, 0.05) is 17.2 Å². The summed E-state index contributed by atoms with van der Waals surface area (Å²) in [5.41, 5.74) is 2.15. The normalized spacial score (nSPS) is 26.1. The van der Waals surface area contributed by atoms with Crippen molar-refractivity contribution in [2.75, 3.05) is 33.0 Å². The molecule has 0 aromatic rings. The summed E-state index contributed by atoms with van der Waals surface area (Å²) in [6.07, 6.45) is 0.905. The molecule has 0 radical (unpaired) electrons. The van der Waals surface area contributed by atoms with Gasteiger partial charge in [0.15, 0.2) is 5.17 Å². The van der Waals surface area contributed by atoms with Crippen molar-refractivity contribution in [3.05, 3.63) is 10.5 Å². The van der Waals surface area contributed by atoms with Crippen molar-refractivity contribution >= 4 is 40.2 Å². The maximum Gasteiger partial charge on any atom is 0.189 e. The summed E-state index contributed by atoms with van der Waals surface area (Å²) < 4.78 is 11.3. The van der Waals surface area contributed by atoms with Gasteiger partial charge in [-0.3, -0.25) is 4.99 Å². The molecule has 1 N–H and O–H groups in total. The standard InChI is InChI=1S/C18H27N3O3S2/c1-11(2)25-17-20-14-12-10-24-18(3,4)9-13(12)26-15(14)16(21-17)19-5-7-23-8-6-22/h11,15,22H,5-10H2,1-4H3. The highest BCUT2D eigenvalue weighted by Gasteiger charge is 2.42. The van der Waals surface area contributed by atoms with Gasteiger partial charge in [-0.2, -0.15) is 0 Å². The topological polar surface area (TPSA) is 75.8 Å². The fourth-order valence-electron chi connectivity index (χ4n) is 2.94. The van der Waals surface area contributed by atoms with Crippen LogP contribution in [0.5, 0.6) is 0 Å². The van der Waals surface area contributed by atoms with Crippen LogP contribution in [0.15, 0.2) is 25.5 Å². The Kier molecular flexibility index (Phi) is 6.61. The largest absolute Gasteiger partial charge is 0.394 e. The Hall–Kier alpha value is -0.670. The molecule has 0 aliphatic carbocycles. The van der Waals surface area contributed by atoms with Gasteiger partial charge in [-0.25, -0.2) is 9.98 Å². The molecular weight excluding hydrogens is 370 g/mol. The van der Waals surface area contributed by atoms with Crippen molar-refractivity contribution in [3.8, 4) is 0 Å². The molecule has 0 amide bonds. The molecule has 0 aromatic heterocycles. The summed E-state index contributed by atoms with van der Waals surface area (Å²) in [6.45, 7) is 10.5. The van der Waals surface area contributed by atoms with Gasteiger partial charge in [0.1, 0.15) is 11.1 Å². The molecule has 3 aliphatic heterocycles. The van der Waals surface area contributed by atoms with Gasteiger partial charge in [-0.05, 0) is 18.8 Å². The number of thioether (sulfide) groups is 2. The summed E-state index contributed by atoms with van der Waals surface area (Å²) >= 11 is 3.48. The van der Waals surface area contributed by atoms with Gasteiger partial charge in [-0.15, -0.1) is 11.8 Å². The van der Waals surface area contributed by atoms with Gasteiger partial charge in [-0.1, -0.05) is 25.6 Å². The van der Waals surface area contributed by atoms with Gasteiger partial charge < -0.3 is 14.6 Å². The molecule has 3 heterocycles. The summed E-state index contributed by atoms with van der Waals surface area (Å²) in [6, 6.07) is 0. The Morgan fingerprint density at radius 1 is 1.38 bits per heavy atom. The summed E-state index contributed by atoms with van der Waals surface area (Å²) in [5.74, 6) is 0.822. The molecule has 0 aromatic carbocycles. The van der Waals surface area contributed by atoms with Crippen LogP contribution in [0.1, 0.15) is 34.1 Å². The van der Waals surface area contributed by atoms with Gasteiger partial charge in [0.2, 0.25) is 0 Å². The number of hydrogen-bond donors (Lipinski definition) is 1. The van der Waals surface area contributed by atoms with Crippen LogP contribution in [0.3, 0.4) is 0 Å². The monoisotopic (exact) mass is 397 g/mol. The van der Waals surface area contributed by atoms with E-state index in [-0.39, 0.29) is 17.5 Å². The second kappa shape index (κ2) is 8.56. The molecule has 1 unspecified atom stereocenters. The van der Waals surface area contributed by atoms with E-state index in [4.69, 9.17) is 24.6 Å². The van der Waals surface area contributed by atoms with Crippen LogP contribution in [0.4, 0.5) is 0 Å². The number of aliphatic hydroxyl groups excluding tert-OH is 1. The molecule has 144 valence electrons. The van der Waals surface area contributed by atoms with Crippen LogP contribution in [-0.2, 0) is 9.47 Å². The second-order valence-corrected chi connectivity index (χ2v) is 10.0. The molecule has 26 heavy (non-hydrogen) atoms. The molecule has 1 atom stereocenters. The van der Waals surface area contributed by atoms with E-state index in [0.29, 0.717) is 31.6 Å². The summed E-state index contributed by atoms with van der Waals surface area (Å²) in [7, 11) is 0. The highest BCUT2D eigenvalue weighted by Crippen LogP contribution is 2.46. The van der Waals surface area contributed by atoms with Crippen molar-refractivity contribution in [2.24, 2.45) is 15.0 Å². The van der Waals surface area contributed by atoms with E-state index in [2.05, 4.69) is 32.7 Å². The molecule has 3 rings (SSSR count). The fraction of sp³-hybridized carbons (Fsp3) is 0.722. The first-order valence-electron chi connectivity index (χ1n) is 8.99. The van der Waals surface area contributed by atoms with Crippen molar-refractivity contribution < 1.29 is 14.6 Å². The molecule has 0 saturated carbocycles. The first-order chi connectivity index (χ1) is 12.4. The number of hydrogen-bond acceptors (Lipinski definition) is 7. The lowest BCUT2D eigenvalue weighted by Gasteiger charge is -2.30. The predicted molar refractivity (Wildman–Crippen MR) is 111 cm³/mol. The summed E-state index contributed by atoms with van der Waals surface area (Å²) in [5, 5.41) is 10.0. The fourth-order valence-corrected chi connectivity index (χ4v) is 5.22. The minimum Gasteiger partial charge on any atom is -0.394 e. The van der Waals surface area contributed by atoms with Gasteiger partial charge >= 0.3 is 0 Å². The molecule has 0 spiro atoms. The lowest BCUT2D eigenvalue weighted by Crippen LogP contribution is -2.33. The maximum atomic E-state index is 8.79. The van der Waals surface area contributed by atoms with Crippen LogP contribution >= 0.6 is 23.5 Å². The Balaban J connectivity index is 1.81. The minimum atomic E-state index is -0.133. The number of aliphatic imine (C=N–C) groups is 3. The zero-order chi connectivity index (χ0) is 18.7. The van der Waals surface area contributed by atoms with E-state index in [9.17, 15) is 0 Å². The third kappa shape index (κ3) is 4.78. The molecule has 6 nitrogen and oxygen atoms in total. The van der Waals surface area contributed by atoms with E-state index in [0.717, 1.165) is 23.1 Å². The molecule has 0 saturated heterocycles. The molecule has 0 bridgehead atoms. The number of ether oxygens (including phenoxy) is 2. The zero-order valence-corrected chi connectivity index (χ0v) is 17.5. The number of aliphatic hydroxyl groups is 1. The first-order valence-corrected chi connectivity index (χ1v) is 10.8. The summed E-state index contributed by atoms with van der Waals surface area (Å²) in [4.78, 5) is 15.6. The number of rotatable bonds is 6. The number of fused-ring (bicyclic) bond motifs is 2. The lowest BCUT2D eigenvalue weighted by atomic mass is 9.96. The first kappa shape index (κ1) is 20.1. The minimum absolute atomic E-state index is 0.0333. The highest BCUT2D eigenvalue weighted by molar-refractivity contribution is 8.14. The molecule has 3 aliphatic rings. The van der Waals surface area contributed by atoms with E-state index < -0.39 is 0 Å². The van der Waals surface area contributed by atoms with Crippen LogP contribution in [0.2, 0.25) is 0 Å². The van der Waals surface area contributed by atoms with Crippen LogP contribution in [0.25, 0.3) is 0 Å². The van der Waals surface area contributed by atoms with E-state index in [1.807, 2.05) is 11.8 Å². The smallest absolute Gasteiger partial charge is 0.189 e. The SMILES string of the molecule is CC(C)SC1=NC(=NCCOCCO)C2SC3=C(COC(C)(C)C3)C2=N1. The van der Waals surface area contributed by atoms with Crippen LogP contribution < -0.4 is 0 Å². The Morgan fingerprint density at radius 3 is 2.92 bits per heavy atom. The molecule has 0 fully saturated rings. The number of nitrogens with zero attached hydrogens (tertiary/aromatic N) is 3. The second-order valence-electron chi connectivity index (χ2n) is 7.26. The Bertz CT molecular complexity index is 669. The van der Waals surface area contributed by atoms with Crippen LogP contribution in [-0.4, -0.2) is 70.9 Å². The van der Waals surface area contributed by atoms with E-state index in [1.54, 1.807) is 11.8 Å². The van der Waals surface area contributed by atoms with Crippen LogP contribution in [0, 0.1) is 0 Å². The maximum absolute atomic E-state index is 8.79. The van der Waals surface area contributed by atoms with Crippen molar-refractivity contribution in [1.82, 2.24) is 0 Å². The third-order valence-corrected chi connectivity index (χ3v) is 6.30. The number of amidine groups is 2. The predicted octanol–water partition coefficient (Wildman–Crippen LogP) is 2.91. The molecular formula is C18H27N3O3S2. The van der Waals surface area contributed by atoms with E-state index >= 15 is 0 Å². The lowest BCUT2D eigenvalue weighted by molar-refractivity contribution is -0.00941. The average molecular weight is 398 g/mol. The zero-order valence-electron chi connectivity index (χ0n) is 15.8. The van der Waals surface area contributed by atoms with Crippen molar-refractivity contribution in [2.45, 2.75) is 50.2 Å². The van der Waals surface area contributed by atoms with Crippen molar-refractivity contribution in [3.63, 3.8) is 0 Å². The Labute approximate surface area is 163 Å². The van der Waals surface area contributed by atoms with Gasteiger partial charge in [0.25, 0.3) is 0 Å². The highest BCUT2D eigenvalue weighted by atomic mass is 32.2. The third-order valence-electron chi connectivity index (χ3n) is 4.09. The van der Waals surface area contributed by atoms with Gasteiger partial charge in [0.05, 0.1) is 44.3 Å². The molecule has 8 heteroatoms. The Morgan fingerprint density at radius 2 is 2.19 bits per heavy atom. The van der Waals surface area contributed by atoms with E-state index in [1.165, 1.54) is 10.5 Å². The average Bonchev–Trinajstić information content (AvgIpc) is 2.90. The quantitative estimate of drug-likeness (QED) is 0.698.